The summed E-state index contributed by atoms with van der Waals surface area (Å²) >= 11 is 0. The number of halogens is 2. The highest BCUT2D eigenvalue weighted by Crippen LogP contribution is 2.24. The van der Waals surface area contributed by atoms with E-state index in [1.165, 1.54) is 6.92 Å². The first-order valence-electron chi connectivity index (χ1n) is 5.16. The number of rotatable bonds is 4. The largest absolute Gasteiger partial charge is 0.462 e. The van der Waals surface area contributed by atoms with Crippen molar-refractivity contribution in [2.45, 2.75) is 26.8 Å². The SMILES string of the molecule is CCOC(=O)c1cnc(C(F)F)c(C)c1CN. The monoisotopic (exact) mass is 244 g/mol. The van der Waals surface area contributed by atoms with E-state index in [4.69, 9.17) is 10.5 Å². The Labute approximate surface area is 97.8 Å². The lowest BCUT2D eigenvalue weighted by atomic mass is 10.0. The van der Waals surface area contributed by atoms with Crippen LogP contribution in [0.3, 0.4) is 0 Å². The maximum absolute atomic E-state index is 12.6. The Morgan fingerprint density at radius 1 is 1.59 bits per heavy atom. The second kappa shape index (κ2) is 5.67. The fourth-order valence-electron chi connectivity index (χ4n) is 1.53. The van der Waals surface area contributed by atoms with Crippen LogP contribution in [0.15, 0.2) is 6.20 Å². The van der Waals surface area contributed by atoms with Crippen molar-refractivity contribution in [2.24, 2.45) is 5.73 Å². The number of carbonyl (C=O) groups excluding carboxylic acids is 1. The number of hydrogen-bond donors (Lipinski definition) is 1. The Bertz CT molecular complexity index is 422. The van der Waals surface area contributed by atoms with Crippen molar-refractivity contribution in [3.63, 3.8) is 0 Å². The maximum Gasteiger partial charge on any atom is 0.340 e. The van der Waals surface area contributed by atoms with Crippen molar-refractivity contribution in [1.29, 1.82) is 0 Å². The highest BCUT2D eigenvalue weighted by atomic mass is 19.3. The Hall–Kier alpha value is -1.56. The van der Waals surface area contributed by atoms with Crippen molar-refractivity contribution in [1.82, 2.24) is 4.98 Å². The molecule has 0 aliphatic heterocycles. The van der Waals surface area contributed by atoms with Crippen molar-refractivity contribution in [2.75, 3.05) is 6.61 Å². The molecule has 1 heterocycles. The van der Waals surface area contributed by atoms with E-state index in [1.54, 1.807) is 6.92 Å². The summed E-state index contributed by atoms with van der Waals surface area (Å²) in [5.41, 5.74) is 5.87. The molecule has 1 aromatic rings. The average Bonchev–Trinajstić information content (AvgIpc) is 2.28. The Balaban J connectivity index is 3.25. The predicted molar refractivity (Wildman–Crippen MR) is 57.8 cm³/mol. The zero-order chi connectivity index (χ0) is 13.0. The van der Waals surface area contributed by atoms with Gasteiger partial charge in [0.1, 0.15) is 5.69 Å². The van der Waals surface area contributed by atoms with Crippen LogP contribution in [0.4, 0.5) is 8.78 Å². The summed E-state index contributed by atoms with van der Waals surface area (Å²) in [5.74, 6) is -0.593. The van der Waals surface area contributed by atoms with Gasteiger partial charge in [-0.05, 0) is 25.0 Å². The van der Waals surface area contributed by atoms with Crippen LogP contribution < -0.4 is 5.73 Å². The van der Waals surface area contributed by atoms with Crippen LogP contribution in [0.1, 0.15) is 40.5 Å². The fourth-order valence-corrected chi connectivity index (χ4v) is 1.53. The quantitative estimate of drug-likeness (QED) is 0.822. The van der Waals surface area contributed by atoms with E-state index in [-0.39, 0.29) is 30.0 Å². The molecule has 0 bridgehead atoms. The smallest absolute Gasteiger partial charge is 0.340 e. The lowest BCUT2D eigenvalue weighted by Gasteiger charge is -2.12. The topological polar surface area (TPSA) is 65.2 Å². The van der Waals surface area contributed by atoms with Crippen LogP contribution in [-0.4, -0.2) is 17.6 Å². The van der Waals surface area contributed by atoms with Crippen LogP contribution >= 0.6 is 0 Å². The van der Waals surface area contributed by atoms with Crippen molar-refractivity contribution < 1.29 is 18.3 Å². The summed E-state index contributed by atoms with van der Waals surface area (Å²) in [6.07, 6.45) is -1.59. The molecule has 17 heavy (non-hydrogen) atoms. The Kier molecular flexibility index (Phi) is 4.51. The molecule has 94 valence electrons. The van der Waals surface area contributed by atoms with Gasteiger partial charge in [0.25, 0.3) is 6.43 Å². The van der Waals surface area contributed by atoms with Gasteiger partial charge in [-0.3, -0.25) is 4.98 Å². The normalized spacial score (nSPS) is 10.7. The first-order valence-corrected chi connectivity index (χ1v) is 5.16. The van der Waals surface area contributed by atoms with Gasteiger partial charge in [0, 0.05) is 12.7 Å². The van der Waals surface area contributed by atoms with Gasteiger partial charge in [-0.1, -0.05) is 0 Å². The third-order valence-electron chi connectivity index (χ3n) is 2.40. The first-order chi connectivity index (χ1) is 8.02. The van der Waals surface area contributed by atoms with Crippen LogP contribution in [0.25, 0.3) is 0 Å². The third-order valence-corrected chi connectivity index (χ3v) is 2.40. The van der Waals surface area contributed by atoms with Crippen molar-refractivity contribution in [3.8, 4) is 0 Å². The number of nitrogens with two attached hydrogens (primary N) is 1. The van der Waals surface area contributed by atoms with Gasteiger partial charge in [0.05, 0.1) is 12.2 Å². The lowest BCUT2D eigenvalue weighted by molar-refractivity contribution is 0.0523. The van der Waals surface area contributed by atoms with Crippen LogP contribution in [0.5, 0.6) is 0 Å². The van der Waals surface area contributed by atoms with E-state index in [2.05, 4.69) is 4.98 Å². The van der Waals surface area contributed by atoms with E-state index in [9.17, 15) is 13.6 Å². The minimum atomic E-state index is -2.68. The van der Waals surface area contributed by atoms with Crippen LogP contribution in [-0.2, 0) is 11.3 Å². The summed E-state index contributed by atoms with van der Waals surface area (Å²) in [6.45, 7) is 3.33. The molecule has 2 N–H and O–H groups in total. The number of carbonyl (C=O) groups is 1. The number of ether oxygens (including phenoxy) is 1. The minimum absolute atomic E-state index is 0.0117. The van der Waals surface area contributed by atoms with E-state index in [1.807, 2.05) is 0 Å². The van der Waals surface area contributed by atoms with E-state index >= 15 is 0 Å². The van der Waals surface area contributed by atoms with Gasteiger partial charge in [0.15, 0.2) is 0 Å². The fraction of sp³-hybridized carbons (Fsp3) is 0.455. The minimum Gasteiger partial charge on any atom is -0.462 e. The number of nitrogens with zero attached hydrogens (tertiary/aromatic N) is 1. The second-order valence-electron chi connectivity index (χ2n) is 3.39. The number of aromatic nitrogens is 1. The highest BCUT2D eigenvalue weighted by molar-refractivity contribution is 5.91. The molecular weight excluding hydrogens is 230 g/mol. The zero-order valence-electron chi connectivity index (χ0n) is 9.67. The van der Waals surface area contributed by atoms with Gasteiger partial charge < -0.3 is 10.5 Å². The summed E-state index contributed by atoms with van der Waals surface area (Å²) in [7, 11) is 0. The number of alkyl halides is 2. The molecule has 0 aliphatic carbocycles. The molecule has 0 unspecified atom stereocenters. The molecule has 0 saturated heterocycles. The lowest BCUT2D eigenvalue weighted by Crippen LogP contribution is -2.15. The zero-order valence-corrected chi connectivity index (χ0v) is 9.67. The van der Waals surface area contributed by atoms with Gasteiger partial charge in [0.2, 0.25) is 0 Å². The molecule has 0 aliphatic rings. The summed E-state index contributed by atoms with van der Waals surface area (Å²) < 4.78 is 30.0. The molecule has 0 saturated carbocycles. The van der Waals surface area contributed by atoms with Gasteiger partial charge >= 0.3 is 5.97 Å². The van der Waals surface area contributed by atoms with Gasteiger partial charge in [-0.2, -0.15) is 0 Å². The maximum atomic E-state index is 12.6. The van der Waals surface area contributed by atoms with E-state index in [0.717, 1.165) is 6.20 Å². The molecule has 0 fully saturated rings. The summed E-state index contributed by atoms with van der Waals surface area (Å²) in [4.78, 5) is 15.1. The first kappa shape index (κ1) is 13.5. The highest BCUT2D eigenvalue weighted by Gasteiger charge is 2.20. The third kappa shape index (κ3) is 2.76. The molecule has 4 nitrogen and oxygen atoms in total. The molecule has 1 aromatic heterocycles. The van der Waals surface area contributed by atoms with Crippen molar-refractivity contribution in [3.05, 3.63) is 28.6 Å². The van der Waals surface area contributed by atoms with E-state index < -0.39 is 12.4 Å². The summed E-state index contributed by atoms with van der Waals surface area (Å²) in [5, 5.41) is 0. The van der Waals surface area contributed by atoms with Crippen LogP contribution in [0, 0.1) is 6.92 Å². The predicted octanol–water partition coefficient (Wildman–Crippen LogP) is 1.96. The van der Waals surface area contributed by atoms with Crippen LogP contribution in [0.2, 0.25) is 0 Å². The molecule has 1 rings (SSSR count). The molecule has 0 aromatic carbocycles. The second-order valence-corrected chi connectivity index (χ2v) is 3.39. The molecule has 6 heteroatoms. The standard InChI is InChI=1S/C11H14F2N2O2/c1-3-17-11(16)8-5-15-9(10(12)13)6(2)7(8)4-14/h5,10H,3-4,14H2,1-2H3. The average molecular weight is 244 g/mol. The molecular formula is C11H14F2N2O2. The van der Waals surface area contributed by atoms with Crippen molar-refractivity contribution >= 4 is 5.97 Å². The molecule has 0 atom stereocenters. The molecule has 0 amide bonds. The number of esters is 1. The molecule has 0 spiro atoms. The number of pyridine rings is 1. The van der Waals surface area contributed by atoms with Gasteiger partial charge in [-0.15, -0.1) is 0 Å². The van der Waals surface area contributed by atoms with Gasteiger partial charge in [-0.25, -0.2) is 13.6 Å². The Morgan fingerprint density at radius 2 is 2.24 bits per heavy atom. The number of hydrogen-bond acceptors (Lipinski definition) is 4. The van der Waals surface area contributed by atoms with E-state index in [0.29, 0.717) is 5.56 Å². The summed E-state index contributed by atoms with van der Waals surface area (Å²) in [6, 6.07) is 0. The Morgan fingerprint density at radius 3 is 2.71 bits per heavy atom. The molecule has 0 radical (unpaired) electrons.